The van der Waals surface area contributed by atoms with Crippen LogP contribution in [0.15, 0.2) is 24.5 Å². The van der Waals surface area contributed by atoms with Crippen LogP contribution in [0, 0.1) is 5.92 Å². The van der Waals surface area contributed by atoms with Crippen LogP contribution in [0.25, 0.3) is 0 Å². The van der Waals surface area contributed by atoms with E-state index >= 15 is 0 Å². The number of pyridine rings is 1. The summed E-state index contributed by atoms with van der Waals surface area (Å²) >= 11 is 0. The summed E-state index contributed by atoms with van der Waals surface area (Å²) in [5.74, 6) is 0.743. The van der Waals surface area contributed by atoms with Gasteiger partial charge in [-0.05, 0) is 49.9 Å². The van der Waals surface area contributed by atoms with E-state index in [1.807, 2.05) is 12.4 Å². The van der Waals surface area contributed by atoms with Gasteiger partial charge in [-0.1, -0.05) is 0 Å². The number of hydrogen-bond donors (Lipinski definition) is 1. The van der Waals surface area contributed by atoms with Crippen molar-refractivity contribution in [1.29, 1.82) is 0 Å². The Labute approximate surface area is 97.2 Å². The zero-order valence-electron chi connectivity index (χ0n) is 9.86. The lowest BCUT2D eigenvalue weighted by Crippen LogP contribution is -2.38. The maximum absolute atomic E-state index is 5.41. The quantitative estimate of drug-likeness (QED) is 0.837. The van der Waals surface area contributed by atoms with Crippen LogP contribution in [-0.2, 0) is 11.2 Å². The predicted octanol–water partition coefficient (Wildman–Crippen LogP) is 1.64. The Morgan fingerprint density at radius 2 is 2.06 bits per heavy atom. The largest absolute Gasteiger partial charge is 0.381 e. The molecule has 0 spiro atoms. The van der Waals surface area contributed by atoms with Crippen LogP contribution in [0.5, 0.6) is 0 Å². The van der Waals surface area contributed by atoms with Crippen LogP contribution in [-0.4, -0.2) is 31.3 Å². The number of nitrogens with zero attached hydrogens (tertiary/aromatic N) is 1. The van der Waals surface area contributed by atoms with Crippen molar-refractivity contribution in [3.05, 3.63) is 30.1 Å². The molecule has 16 heavy (non-hydrogen) atoms. The average Bonchev–Trinajstić information content (AvgIpc) is 2.38. The summed E-state index contributed by atoms with van der Waals surface area (Å²) in [6, 6.07) is 4.76. The van der Waals surface area contributed by atoms with Crippen molar-refractivity contribution >= 4 is 0 Å². The molecule has 2 heterocycles. The molecule has 1 atom stereocenters. The minimum absolute atomic E-state index is 0.561. The van der Waals surface area contributed by atoms with Crippen LogP contribution in [0.3, 0.4) is 0 Å². The molecule has 0 saturated carbocycles. The van der Waals surface area contributed by atoms with E-state index in [-0.39, 0.29) is 0 Å². The summed E-state index contributed by atoms with van der Waals surface area (Å²) < 4.78 is 5.41. The van der Waals surface area contributed by atoms with Gasteiger partial charge in [0, 0.05) is 31.6 Å². The standard InChI is InChI=1S/C13H20N2O/c1-14-13(12-4-8-16-9-5-12)10-11-2-6-15-7-3-11/h2-3,6-7,12-14H,4-5,8-10H2,1H3. The molecule has 1 unspecified atom stereocenters. The molecule has 0 aromatic carbocycles. The number of hydrogen-bond acceptors (Lipinski definition) is 3. The molecule has 0 amide bonds. The predicted molar refractivity (Wildman–Crippen MR) is 64.3 cm³/mol. The fourth-order valence-electron chi connectivity index (χ4n) is 2.40. The molecule has 1 fully saturated rings. The van der Waals surface area contributed by atoms with Gasteiger partial charge in [-0.25, -0.2) is 0 Å². The van der Waals surface area contributed by atoms with E-state index in [0.717, 1.165) is 25.6 Å². The van der Waals surface area contributed by atoms with Crippen LogP contribution >= 0.6 is 0 Å². The molecule has 1 aliphatic heterocycles. The van der Waals surface area contributed by atoms with Crippen molar-refractivity contribution in [2.24, 2.45) is 5.92 Å². The van der Waals surface area contributed by atoms with Crippen molar-refractivity contribution < 1.29 is 4.74 Å². The maximum Gasteiger partial charge on any atom is 0.0469 e. The van der Waals surface area contributed by atoms with Gasteiger partial charge in [-0.3, -0.25) is 4.98 Å². The second-order valence-corrected chi connectivity index (χ2v) is 4.40. The summed E-state index contributed by atoms with van der Waals surface area (Å²) in [5, 5.41) is 3.44. The molecule has 2 rings (SSSR count). The van der Waals surface area contributed by atoms with Crippen LogP contribution < -0.4 is 5.32 Å². The number of rotatable bonds is 4. The molecule has 0 bridgehead atoms. The molecule has 3 heteroatoms. The highest BCUT2D eigenvalue weighted by molar-refractivity contribution is 5.11. The van der Waals surface area contributed by atoms with Crippen molar-refractivity contribution in [2.75, 3.05) is 20.3 Å². The number of aromatic nitrogens is 1. The number of likely N-dealkylation sites (N-methyl/N-ethyl adjacent to an activating group) is 1. The first-order valence-corrected chi connectivity index (χ1v) is 6.04. The van der Waals surface area contributed by atoms with Gasteiger partial charge in [0.1, 0.15) is 0 Å². The van der Waals surface area contributed by atoms with Gasteiger partial charge in [-0.15, -0.1) is 0 Å². The normalized spacial score (nSPS) is 19.6. The van der Waals surface area contributed by atoms with Gasteiger partial charge < -0.3 is 10.1 Å². The third-order valence-corrected chi connectivity index (χ3v) is 3.41. The van der Waals surface area contributed by atoms with Crippen molar-refractivity contribution in [3.8, 4) is 0 Å². The van der Waals surface area contributed by atoms with Gasteiger partial charge in [0.25, 0.3) is 0 Å². The third kappa shape index (κ3) is 3.03. The van der Waals surface area contributed by atoms with Crippen LogP contribution in [0.2, 0.25) is 0 Å². The lowest BCUT2D eigenvalue weighted by molar-refractivity contribution is 0.0547. The molecule has 1 aromatic heterocycles. The Balaban J connectivity index is 1.94. The Morgan fingerprint density at radius 3 is 2.69 bits per heavy atom. The monoisotopic (exact) mass is 220 g/mol. The van der Waals surface area contributed by atoms with E-state index in [4.69, 9.17) is 4.74 Å². The summed E-state index contributed by atoms with van der Waals surface area (Å²) in [5.41, 5.74) is 1.36. The first kappa shape index (κ1) is 11.6. The molecule has 1 saturated heterocycles. The van der Waals surface area contributed by atoms with Crippen LogP contribution in [0.1, 0.15) is 18.4 Å². The minimum Gasteiger partial charge on any atom is -0.381 e. The fraction of sp³-hybridized carbons (Fsp3) is 0.615. The van der Waals surface area contributed by atoms with Crippen LogP contribution in [0.4, 0.5) is 0 Å². The molecular weight excluding hydrogens is 200 g/mol. The Hall–Kier alpha value is -0.930. The van der Waals surface area contributed by atoms with E-state index in [0.29, 0.717) is 6.04 Å². The maximum atomic E-state index is 5.41. The van der Waals surface area contributed by atoms with E-state index in [9.17, 15) is 0 Å². The summed E-state index contributed by atoms with van der Waals surface area (Å²) in [7, 11) is 2.06. The van der Waals surface area contributed by atoms with Gasteiger partial charge in [0.05, 0.1) is 0 Å². The summed E-state index contributed by atoms with van der Waals surface area (Å²) in [4.78, 5) is 4.05. The average molecular weight is 220 g/mol. The van der Waals surface area contributed by atoms with Crippen molar-refractivity contribution in [3.63, 3.8) is 0 Å². The smallest absolute Gasteiger partial charge is 0.0469 e. The van der Waals surface area contributed by atoms with E-state index in [1.54, 1.807) is 0 Å². The van der Waals surface area contributed by atoms with E-state index in [1.165, 1.54) is 18.4 Å². The minimum atomic E-state index is 0.561. The highest BCUT2D eigenvalue weighted by Gasteiger charge is 2.22. The first-order chi connectivity index (χ1) is 7.90. The van der Waals surface area contributed by atoms with Gasteiger partial charge in [-0.2, -0.15) is 0 Å². The summed E-state index contributed by atoms with van der Waals surface area (Å²) in [6.07, 6.45) is 7.18. The zero-order chi connectivity index (χ0) is 11.2. The second-order valence-electron chi connectivity index (χ2n) is 4.40. The SMILES string of the molecule is CNC(Cc1ccncc1)C1CCOCC1. The Morgan fingerprint density at radius 1 is 1.38 bits per heavy atom. The molecular formula is C13H20N2O. The molecule has 0 aliphatic carbocycles. The molecule has 1 N–H and O–H groups in total. The first-order valence-electron chi connectivity index (χ1n) is 6.04. The molecule has 0 radical (unpaired) electrons. The number of nitrogens with one attached hydrogen (secondary N) is 1. The Bertz CT molecular complexity index is 296. The molecule has 1 aromatic rings. The van der Waals surface area contributed by atoms with Crippen molar-refractivity contribution in [1.82, 2.24) is 10.3 Å². The molecule has 88 valence electrons. The molecule has 1 aliphatic rings. The topological polar surface area (TPSA) is 34.2 Å². The zero-order valence-corrected chi connectivity index (χ0v) is 9.86. The van der Waals surface area contributed by atoms with Crippen molar-refractivity contribution in [2.45, 2.75) is 25.3 Å². The fourth-order valence-corrected chi connectivity index (χ4v) is 2.40. The molecule has 3 nitrogen and oxygen atoms in total. The van der Waals surface area contributed by atoms with E-state index < -0.39 is 0 Å². The van der Waals surface area contributed by atoms with E-state index in [2.05, 4.69) is 29.5 Å². The van der Waals surface area contributed by atoms with Gasteiger partial charge >= 0.3 is 0 Å². The third-order valence-electron chi connectivity index (χ3n) is 3.41. The lowest BCUT2D eigenvalue weighted by Gasteiger charge is -2.30. The van der Waals surface area contributed by atoms with Gasteiger partial charge in [0.15, 0.2) is 0 Å². The van der Waals surface area contributed by atoms with Gasteiger partial charge in [0.2, 0.25) is 0 Å². The highest BCUT2D eigenvalue weighted by Crippen LogP contribution is 2.21. The lowest BCUT2D eigenvalue weighted by atomic mass is 9.88. The second kappa shape index (κ2) is 5.97. The summed E-state index contributed by atoms with van der Waals surface area (Å²) in [6.45, 7) is 1.83. The Kier molecular flexibility index (Phi) is 4.31. The highest BCUT2D eigenvalue weighted by atomic mass is 16.5. The number of ether oxygens (including phenoxy) is 1.